The van der Waals surface area contributed by atoms with Gasteiger partial charge in [0, 0.05) is 5.75 Å². The van der Waals surface area contributed by atoms with Crippen LogP contribution in [0.4, 0.5) is 0 Å². The van der Waals surface area contributed by atoms with E-state index in [0.717, 1.165) is 0 Å². The fraction of sp³-hybridized carbons (Fsp3) is 0.957. The molecule has 0 amide bonds. The molecule has 0 rings (SSSR count). The predicted octanol–water partition coefficient (Wildman–Crippen LogP) is 9.33. The maximum atomic E-state index is 2.48. The molecule has 1 heteroatoms. The number of unbranched alkanes of at least 4 members (excludes halogenated alkanes) is 17. The van der Waals surface area contributed by atoms with Crippen LogP contribution in [0.5, 0.6) is 0 Å². The molecule has 0 aliphatic rings. The summed E-state index contributed by atoms with van der Waals surface area (Å²) in [5.74, 6) is 3.83. The van der Waals surface area contributed by atoms with Crippen molar-refractivity contribution in [3.63, 3.8) is 0 Å². The van der Waals surface area contributed by atoms with E-state index in [9.17, 15) is 0 Å². The highest BCUT2D eigenvalue weighted by atomic mass is 32.2. The molecular weight excluding hydrogens is 308 g/mol. The zero-order valence-electron chi connectivity index (χ0n) is 17.1. The van der Waals surface area contributed by atoms with E-state index in [4.69, 9.17) is 0 Å². The summed E-state index contributed by atoms with van der Waals surface area (Å²) in [5.41, 5.74) is 0. The molecule has 0 N–H and O–H groups in total. The lowest BCUT2D eigenvalue weighted by Gasteiger charge is -2.03. The Labute approximate surface area is 159 Å². The second kappa shape index (κ2) is 23.4. The average Bonchev–Trinajstić information content (AvgIpc) is 2.60. The van der Waals surface area contributed by atoms with E-state index < -0.39 is 0 Å². The molecule has 0 aliphatic heterocycles. The van der Waals surface area contributed by atoms with Crippen molar-refractivity contribution in [2.45, 2.75) is 136 Å². The van der Waals surface area contributed by atoms with Crippen LogP contribution in [0.15, 0.2) is 0 Å². The molecule has 0 heterocycles. The quantitative estimate of drug-likeness (QED) is 0.185. The van der Waals surface area contributed by atoms with Crippen molar-refractivity contribution in [1.82, 2.24) is 0 Å². The van der Waals surface area contributed by atoms with Crippen LogP contribution < -0.4 is 0 Å². The highest BCUT2D eigenvalue weighted by Gasteiger charge is 1.95. The van der Waals surface area contributed by atoms with Crippen LogP contribution >= 0.6 is 11.8 Å². The van der Waals surface area contributed by atoms with Gasteiger partial charge in [0.25, 0.3) is 0 Å². The highest BCUT2D eigenvalue weighted by molar-refractivity contribution is 8.01. The molecule has 0 aromatic heterocycles. The summed E-state index contributed by atoms with van der Waals surface area (Å²) in [6, 6.07) is 0. The van der Waals surface area contributed by atoms with E-state index in [1.54, 1.807) is 0 Å². The van der Waals surface area contributed by atoms with Crippen molar-refractivity contribution < 1.29 is 0 Å². The van der Waals surface area contributed by atoms with Crippen molar-refractivity contribution in [3.8, 4) is 0 Å². The lowest BCUT2D eigenvalue weighted by Crippen LogP contribution is -1.84. The summed E-state index contributed by atoms with van der Waals surface area (Å²) >= 11 is 2.08. The van der Waals surface area contributed by atoms with Crippen LogP contribution in [-0.4, -0.2) is 5.75 Å². The van der Waals surface area contributed by atoms with Gasteiger partial charge in [-0.1, -0.05) is 123 Å². The van der Waals surface area contributed by atoms with Gasteiger partial charge in [-0.25, -0.2) is 0 Å². The Morgan fingerprint density at radius 2 is 0.833 bits per heavy atom. The minimum Gasteiger partial charge on any atom is -0.157 e. The third-order valence-electron chi connectivity index (χ3n) is 4.91. The predicted molar refractivity (Wildman–Crippen MR) is 116 cm³/mol. The van der Waals surface area contributed by atoms with Gasteiger partial charge < -0.3 is 0 Å². The Hall–Kier alpha value is 0.350. The molecule has 0 aliphatic carbocycles. The zero-order valence-corrected chi connectivity index (χ0v) is 17.9. The van der Waals surface area contributed by atoms with Gasteiger partial charge in [0.1, 0.15) is 0 Å². The zero-order chi connectivity index (χ0) is 17.6. The van der Waals surface area contributed by atoms with E-state index >= 15 is 0 Å². The van der Waals surface area contributed by atoms with Gasteiger partial charge in [-0.05, 0) is 18.6 Å². The van der Waals surface area contributed by atoms with E-state index in [1.165, 1.54) is 128 Å². The average molecular weight is 356 g/mol. The number of hydrogen-bond donors (Lipinski definition) is 0. The highest BCUT2D eigenvalue weighted by Crippen LogP contribution is 2.17. The van der Waals surface area contributed by atoms with Crippen molar-refractivity contribution in [1.29, 1.82) is 0 Å². The van der Waals surface area contributed by atoms with E-state index in [2.05, 4.69) is 31.4 Å². The molecule has 0 unspecified atom stereocenters. The molecule has 0 aromatic carbocycles. The summed E-state index contributed by atoms with van der Waals surface area (Å²) in [5, 5.41) is 0. The second-order valence-electron chi connectivity index (χ2n) is 7.48. The van der Waals surface area contributed by atoms with Gasteiger partial charge in [0.15, 0.2) is 0 Å². The Morgan fingerprint density at radius 1 is 0.458 bits per heavy atom. The maximum absolute atomic E-state index is 2.48. The fourth-order valence-electron chi connectivity index (χ4n) is 3.20. The normalized spacial score (nSPS) is 11.2. The molecule has 0 aromatic rings. The summed E-state index contributed by atoms with van der Waals surface area (Å²) in [4.78, 5) is 0. The first-order valence-corrected chi connectivity index (χ1v) is 12.4. The Bertz CT molecular complexity index is 180. The van der Waals surface area contributed by atoms with Crippen molar-refractivity contribution in [2.75, 3.05) is 5.75 Å². The van der Waals surface area contributed by atoms with E-state index in [0.29, 0.717) is 0 Å². The summed E-state index contributed by atoms with van der Waals surface area (Å²) < 4.78 is 0. The monoisotopic (exact) mass is 355 g/mol. The number of hydrogen-bond acceptors (Lipinski definition) is 1. The largest absolute Gasteiger partial charge is 0.157 e. The van der Waals surface area contributed by atoms with Crippen molar-refractivity contribution in [2.24, 2.45) is 0 Å². The molecule has 145 valence electrons. The molecule has 0 spiro atoms. The van der Waals surface area contributed by atoms with Gasteiger partial charge >= 0.3 is 0 Å². The lowest BCUT2D eigenvalue weighted by atomic mass is 10.1. The SMILES string of the molecule is CCCCCCCCCCCCC[CH]SCCCCCCCCC. The molecular formula is C23H47S. The van der Waals surface area contributed by atoms with Crippen molar-refractivity contribution >= 4 is 11.8 Å². The second-order valence-corrected chi connectivity index (χ2v) is 8.56. The van der Waals surface area contributed by atoms with Crippen LogP contribution in [0, 0.1) is 5.75 Å². The molecule has 0 saturated heterocycles. The van der Waals surface area contributed by atoms with Crippen LogP contribution in [0.2, 0.25) is 0 Å². The molecule has 1 radical (unpaired) electrons. The smallest absolute Gasteiger partial charge is 0.0166 e. The standard InChI is InChI=1S/C23H47S/c1-3-5-7-9-11-12-13-14-15-17-19-21-23-24-22-20-18-16-10-8-6-4-2/h23H,3-22H2,1-2H3. The maximum Gasteiger partial charge on any atom is 0.0166 e. The third-order valence-corrected chi connectivity index (χ3v) is 5.90. The third kappa shape index (κ3) is 22.4. The topological polar surface area (TPSA) is 0 Å². The van der Waals surface area contributed by atoms with Gasteiger partial charge in [-0.2, -0.15) is 11.8 Å². The van der Waals surface area contributed by atoms with E-state index in [1.807, 2.05) is 0 Å². The van der Waals surface area contributed by atoms with Crippen LogP contribution in [0.25, 0.3) is 0 Å². The Balaban J connectivity index is 2.93. The van der Waals surface area contributed by atoms with Crippen LogP contribution in [-0.2, 0) is 0 Å². The Kier molecular flexibility index (Phi) is 23.7. The van der Waals surface area contributed by atoms with Gasteiger partial charge in [0.2, 0.25) is 0 Å². The lowest BCUT2D eigenvalue weighted by molar-refractivity contribution is 0.550. The summed E-state index contributed by atoms with van der Waals surface area (Å²) in [7, 11) is 0. The molecule has 0 saturated carbocycles. The first-order chi connectivity index (χ1) is 11.9. The van der Waals surface area contributed by atoms with Gasteiger partial charge in [-0.15, -0.1) is 0 Å². The first kappa shape index (κ1) is 24.4. The first-order valence-electron chi connectivity index (χ1n) is 11.3. The fourth-order valence-corrected chi connectivity index (χ4v) is 4.07. The van der Waals surface area contributed by atoms with Gasteiger partial charge in [0.05, 0.1) is 0 Å². The molecule has 24 heavy (non-hydrogen) atoms. The minimum absolute atomic E-state index is 1.33. The minimum atomic E-state index is 1.33. The molecule has 0 fully saturated rings. The Morgan fingerprint density at radius 3 is 1.29 bits per heavy atom. The summed E-state index contributed by atoms with van der Waals surface area (Å²) in [6.45, 7) is 4.59. The number of rotatable bonds is 21. The molecule has 0 atom stereocenters. The van der Waals surface area contributed by atoms with Gasteiger partial charge in [-0.3, -0.25) is 0 Å². The van der Waals surface area contributed by atoms with Crippen molar-refractivity contribution in [3.05, 3.63) is 5.75 Å². The van der Waals surface area contributed by atoms with Crippen LogP contribution in [0.1, 0.15) is 136 Å². The molecule has 0 nitrogen and oxygen atoms in total. The number of thioether (sulfide) groups is 1. The van der Waals surface area contributed by atoms with E-state index in [-0.39, 0.29) is 0 Å². The van der Waals surface area contributed by atoms with Crippen LogP contribution in [0.3, 0.4) is 0 Å². The summed E-state index contributed by atoms with van der Waals surface area (Å²) in [6.07, 6.45) is 27.3. The molecule has 0 bridgehead atoms.